The Bertz CT molecular complexity index is 117. The van der Waals surface area contributed by atoms with Crippen LogP contribution in [0.5, 0.6) is 0 Å². The molecule has 0 bridgehead atoms. The first-order chi connectivity index (χ1) is 4.00. The summed E-state index contributed by atoms with van der Waals surface area (Å²) in [5, 5.41) is 10.2. The molecule has 5 heteroatoms. The Balaban J connectivity index is -0.000000320. The molecular weight excluding hydrogens is 296 g/mol. The number of hydrogen-bond donors (Lipinski definition) is 0. The van der Waals surface area contributed by atoms with E-state index in [9.17, 15) is 10.1 Å². The van der Waals surface area contributed by atoms with Gasteiger partial charge in [0, 0.05) is 84.2 Å². The topological polar surface area (TPSA) is 43.1 Å². The summed E-state index contributed by atoms with van der Waals surface area (Å²) < 4.78 is 0. The zero-order chi connectivity index (χ0) is 7.49. The molecule has 3 nitrogen and oxygen atoms in total. The molecule has 0 aliphatic carbocycles. The van der Waals surface area contributed by atoms with Gasteiger partial charge >= 0.3 is 0 Å². The second kappa shape index (κ2) is 8.22. The van der Waals surface area contributed by atoms with Gasteiger partial charge in [-0.15, -0.1) is 0 Å². The summed E-state index contributed by atoms with van der Waals surface area (Å²) in [5.74, 6) is 0. The first-order valence-electron chi connectivity index (χ1n) is 2.94. The fraction of sp³-hybridized carbons (Fsp3) is 0.833. The number of hydrogen-bond acceptors (Lipinski definition) is 2. The van der Waals surface area contributed by atoms with Crippen molar-refractivity contribution in [3.8, 4) is 0 Å². The second-order valence-corrected chi connectivity index (χ2v) is 2.67. The molecule has 0 aromatic rings. The van der Waals surface area contributed by atoms with E-state index in [0.29, 0.717) is 12.8 Å². The van der Waals surface area contributed by atoms with Gasteiger partial charge in [0.25, 0.3) is 0 Å². The van der Waals surface area contributed by atoms with Gasteiger partial charge in [-0.2, -0.15) is 6.42 Å². The third-order valence-corrected chi connectivity index (χ3v) is 1.28. The van der Waals surface area contributed by atoms with Gasteiger partial charge in [0.15, 0.2) is 0 Å². The van der Waals surface area contributed by atoms with Gasteiger partial charge in [-0.25, -0.2) is 0 Å². The van der Waals surface area contributed by atoms with Crippen LogP contribution >= 0.6 is 0 Å². The van der Waals surface area contributed by atoms with Gasteiger partial charge in [-0.05, 0) is 6.42 Å². The zero-order valence-corrected chi connectivity index (χ0v) is 12.7. The van der Waals surface area contributed by atoms with Crippen molar-refractivity contribution < 1.29 is 70.3 Å². The molecule has 11 heavy (non-hydrogen) atoms. The maximum Gasteiger partial charge on any atom is 0.214 e. The van der Waals surface area contributed by atoms with Crippen LogP contribution in [0.15, 0.2) is 0 Å². The van der Waals surface area contributed by atoms with Crippen LogP contribution in [0.2, 0.25) is 0 Å². The summed E-state index contributed by atoms with van der Waals surface area (Å²) in [6, 6.07) is 0. The van der Waals surface area contributed by atoms with Gasteiger partial charge in [0.1, 0.15) is 0 Å². The molecule has 0 aliphatic heterocycles. The van der Waals surface area contributed by atoms with Crippen LogP contribution in [0.4, 0.5) is 0 Å². The largest absolute Gasteiger partial charge is 0.343 e. The van der Waals surface area contributed by atoms with E-state index >= 15 is 0 Å². The molecule has 2 radical (unpaired) electrons. The van der Waals surface area contributed by atoms with Crippen LogP contribution in [0.1, 0.15) is 26.7 Å². The van der Waals surface area contributed by atoms with Gasteiger partial charge < -0.3 is 6.92 Å². The SMILES string of the molecule is [CH2-]CCC(C)(C)[N+](=O)[O-].[Y].[Y]. The molecule has 0 saturated heterocycles. The average molecular weight is 308 g/mol. The van der Waals surface area contributed by atoms with E-state index in [0.717, 1.165) is 0 Å². The summed E-state index contributed by atoms with van der Waals surface area (Å²) in [4.78, 5) is 9.92. The van der Waals surface area contributed by atoms with E-state index in [1.165, 1.54) is 0 Å². The third kappa shape index (κ3) is 7.95. The minimum Gasteiger partial charge on any atom is -0.343 e. The van der Waals surface area contributed by atoms with Crippen molar-refractivity contribution in [2.45, 2.75) is 32.2 Å². The third-order valence-electron chi connectivity index (χ3n) is 1.28. The zero-order valence-electron chi connectivity index (χ0n) is 7.04. The Morgan fingerprint density at radius 1 is 1.45 bits per heavy atom. The van der Waals surface area contributed by atoms with Gasteiger partial charge in [-0.1, -0.05) is 0 Å². The molecule has 0 saturated carbocycles. The summed E-state index contributed by atoms with van der Waals surface area (Å²) in [6.45, 7) is 6.77. The summed E-state index contributed by atoms with van der Waals surface area (Å²) in [7, 11) is 0. The number of nitrogens with zero attached hydrogens (tertiary/aromatic N) is 1. The maximum atomic E-state index is 10.2. The van der Waals surface area contributed by atoms with Crippen LogP contribution in [0.25, 0.3) is 0 Å². The molecule has 0 N–H and O–H groups in total. The van der Waals surface area contributed by atoms with Crippen molar-refractivity contribution in [1.29, 1.82) is 0 Å². The molecule has 0 aromatic carbocycles. The Morgan fingerprint density at radius 3 is 1.91 bits per heavy atom. The standard InChI is InChI=1S/C6H12NO2.2Y/c1-4-5-6(2,3)7(8)9;;/h1,4-5H2,2-3H3;;/q-1;;. The van der Waals surface area contributed by atoms with Crippen LogP contribution in [0.3, 0.4) is 0 Å². The Kier molecular flexibility index (Phi) is 13.7. The fourth-order valence-electron chi connectivity index (χ4n) is 0.524. The molecule has 0 amide bonds. The van der Waals surface area contributed by atoms with E-state index in [2.05, 4.69) is 6.92 Å². The Morgan fingerprint density at radius 2 is 1.82 bits per heavy atom. The van der Waals surface area contributed by atoms with Crippen molar-refractivity contribution >= 4 is 0 Å². The average Bonchev–Trinajstić information content (AvgIpc) is 1.65. The van der Waals surface area contributed by atoms with Crippen molar-refractivity contribution in [3.05, 3.63) is 17.0 Å². The Hall–Kier alpha value is 1.61. The van der Waals surface area contributed by atoms with Gasteiger partial charge in [0.05, 0.1) is 0 Å². The van der Waals surface area contributed by atoms with Crippen molar-refractivity contribution in [2.75, 3.05) is 0 Å². The molecule has 0 spiro atoms. The predicted octanol–water partition coefficient (Wildman–Crippen LogP) is 1.65. The predicted molar refractivity (Wildman–Crippen MR) is 35.7 cm³/mol. The minimum absolute atomic E-state index is 0. The van der Waals surface area contributed by atoms with Crippen LogP contribution in [-0.4, -0.2) is 10.5 Å². The van der Waals surface area contributed by atoms with E-state index in [-0.39, 0.29) is 70.3 Å². The smallest absolute Gasteiger partial charge is 0.214 e. The quantitative estimate of drug-likeness (QED) is 0.452. The molecule has 0 aliphatic rings. The van der Waals surface area contributed by atoms with Crippen molar-refractivity contribution in [2.24, 2.45) is 0 Å². The van der Waals surface area contributed by atoms with Crippen molar-refractivity contribution in [3.63, 3.8) is 0 Å². The fourth-order valence-corrected chi connectivity index (χ4v) is 0.524. The van der Waals surface area contributed by atoms with Gasteiger partial charge in [0.2, 0.25) is 5.54 Å². The Labute approximate surface area is 118 Å². The molecule has 60 valence electrons. The molecule has 0 rings (SSSR count). The van der Waals surface area contributed by atoms with E-state index in [4.69, 9.17) is 0 Å². The molecule has 0 fully saturated rings. The van der Waals surface area contributed by atoms with Crippen LogP contribution < -0.4 is 0 Å². The first-order valence-corrected chi connectivity index (χ1v) is 2.94. The molecule has 0 heterocycles. The maximum absolute atomic E-state index is 10.2. The second-order valence-electron chi connectivity index (χ2n) is 2.67. The number of nitro groups is 1. The van der Waals surface area contributed by atoms with E-state index in [1.807, 2.05) is 0 Å². The van der Waals surface area contributed by atoms with Gasteiger partial charge in [-0.3, -0.25) is 10.1 Å². The van der Waals surface area contributed by atoms with Crippen LogP contribution in [0, 0.1) is 17.0 Å². The summed E-state index contributed by atoms with van der Waals surface area (Å²) >= 11 is 0. The molecule has 0 unspecified atom stereocenters. The molecule has 0 atom stereocenters. The monoisotopic (exact) mass is 308 g/mol. The minimum atomic E-state index is -0.790. The van der Waals surface area contributed by atoms with E-state index < -0.39 is 5.54 Å². The number of rotatable bonds is 3. The molecule has 0 aromatic heterocycles. The normalized spacial score (nSPS) is 9.36. The summed E-state index contributed by atoms with van der Waals surface area (Å²) in [5.41, 5.74) is -0.790. The molecular formula is C6H12NO2Y2-. The van der Waals surface area contributed by atoms with Crippen molar-refractivity contribution in [1.82, 2.24) is 0 Å². The van der Waals surface area contributed by atoms with Crippen LogP contribution in [-0.2, 0) is 65.4 Å². The van der Waals surface area contributed by atoms with E-state index in [1.54, 1.807) is 13.8 Å². The first kappa shape index (κ1) is 18.4. The summed E-state index contributed by atoms with van der Waals surface area (Å²) in [6.07, 6.45) is 1.16.